The molecule has 0 bridgehead atoms. The summed E-state index contributed by atoms with van der Waals surface area (Å²) in [5, 5.41) is 0. The summed E-state index contributed by atoms with van der Waals surface area (Å²) in [6.07, 6.45) is 4.95. The van der Waals surface area contributed by atoms with Crippen molar-refractivity contribution in [2.45, 2.75) is 6.42 Å². The molecule has 0 saturated carbocycles. The van der Waals surface area contributed by atoms with Gasteiger partial charge in [0, 0.05) is 10.0 Å². The van der Waals surface area contributed by atoms with E-state index in [0.29, 0.717) is 6.54 Å². The van der Waals surface area contributed by atoms with Crippen molar-refractivity contribution in [1.82, 2.24) is 0 Å². The Morgan fingerprint density at radius 2 is 2.29 bits per heavy atom. The fourth-order valence-corrected chi connectivity index (χ4v) is 1.52. The second-order valence-corrected chi connectivity index (χ2v) is 3.78. The van der Waals surface area contributed by atoms with Gasteiger partial charge in [0.2, 0.25) is 0 Å². The molecule has 14 heavy (non-hydrogen) atoms. The number of benzene rings is 1. The third-order valence-corrected chi connectivity index (χ3v) is 2.32. The number of hydrogen-bond acceptors (Lipinski definition) is 2. The zero-order chi connectivity index (χ0) is 10.4. The van der Waals surface area contributed by atoms with Crippen LogP contribution in [0.15, 0.2) is 28.7 Å². The van der Waals surface area contributed by atoms with Crippen LogP contribution in [0.2, 0.25) is 0 Å². The van der Waals surface area contributed by atoms with E-state index in [1.54, 1.807) is 7.11 Å². The SMILES string of the molecule is COc1ccc(Br)cc1/C=C/CCN. The number of methoxy groups -OCH3 is 1. The topological polar surface area (TPSA) is 35.2 Å². The summed E-state index contributed by atoms with van der Waals surface area (Å²) in [4.78, 5) is 0. The van der Waals surface area contributed by atoms with Crippen LogP contribution < -0.4 is 10.5 Å². The monoisotopic (exact) mass is 255 g/mol. The molecule has 0 atom stereocenters. The highest BCUT2D eigenvalue weighted by Crippen LogP contribution is 2.24. The van der Waals surface area contributed by atoms with Gasteiger partial charge in [0.05, 0.1) is 7.11 Å². The van der Waals surface area contributed by atoms with Gasteiger partial charge in [-0.05, 0) is 31.2 Å². The Hall–Kier alpha value is -0.800. The van der Waals surface area contributed by atoms with Gasteiger partial charge < -0.3 is 10.5 Å². The molecule has 3 heteroatoms. The van der Waals surface area contributed by atoms with Crippen LogP contribution in [-0.2, 0) is 0 Å². The maximum absolute atomic E-state index is 5.40. The normalized spacial score (nSPS) is 10.8. The lowest BCUT2D eigenvalue weighted by Crippen LogP contribution is -1.95. The summed E-state index contributed by atoms with van der Waals surface area (Å²) >= 11 is 3.42. The fourth-order valence-electron chi connectivity index (χ4n) is 1.14. The van der Waals surface area contributed by atoms with Crippen molar-refractivity contribution in [3.8, 4) is 5.75 Å². The number of nitrogens with two attached hydrogens (primary N) is 1. The van der Waals surface area contributed by atoms with Gasteiger partial charge >= 0.3 is 0 Å². The van der Waals surface area contributed by atoms with Crippen molar-refractivity contribution in [2.75, 3.05) is 13.7 Å². The average Bonchev–Trinajstić information content (AvgIpc) is 2.19. The van der Waals surface area contributed by atoms with Crippen LogP contribution in [0.1, 0.15) is 12.0 Å². The largest absolute Gasteiger partial charge is 0.496 e. The Kier molecular flexibility index (Phi) is 4.70. The van der Waals surface area contributed by atoms with Gasteiger partial charge in [-0.2, -0.15) is 0 Å². The number of rotatable bonds is 4. The standard InChI is InChI=1S/C11H14BrNO/c1-14-11-6-5-10(12)8-9(11)4-2-3-7-13/h2,4-6,8H,3,7,13H2,1H3/b4-2+. The predicted molar refractivity (Wildman–Crippen MR) is 63.4 cm³/mol. The summed E-state index contributed by atoms with van der Waals surface area (Å²) in [5.74, 6) is 0.876. The van der Waals surface area contributed by atoms with Crippen molar-refractivity contribution in [2.24, 2.45) is 5.73 Å². The van der Waals surface area contributed by atoms with Crippen LogP contribution >= 0.6 is 15.9 Å². The molecule has 0 amide bonds. The number of hydrogen-bond donors (Lipinski definition) is 1. The highest BCUT2D eigenvalue weighted by Gasteiger charge is 1.98. The molecule has 0 spiro atoms. The molecule has 1 aromatic rings. The lowest BCUT2D eigenvalue weighted by Gasteiger charge is -2.04. The van der Waals surface area contributed by atoms with Crippen molar-refractivity contribution in [3.63, 3.8) is 0 Å². The Bertz CT molecular complexity index is 323. The molecular weight excluding hydrogens is 242 g/mol. The molecule has 0 aromatic heterocycles. The van der Waals surface area contributed by atoms with E-state index in [9.17, 15) is 0 Å². The van der Waals surface area contributed by atoms with Gasteiger partial charge in [-0.1, -0.05) is 28.1 Å². The predicted octanol–water partition coefficient (Wildman–Crippen LogP) is 2.82. The minimum atomic E-state index is 0.673. The molecule has 2 N–H and O–H groups in total. The molecule has 1 rings (SSSR count). The summed E-state index contributed by atoms with van der Waals surface area (Å²) in [7, 11) is 1.67. The molecule has 76 valence electrons. The highest BCUT2D eigenvalue weighted by molar-refractivity contribution is 9.10. The van der Waals surface area contributed by atoms with Crippen LogP contribution in [0.5, 0.6) is 5.75 Å². The van der Waals surface area contributed by atoms with Crippen LogP contribution in [0.25, 0.3) is 6.08 Å². The fraction of sp³-hybridized carbons (Fsp3) is 0.273. The van der Waals surface area contributed by atoms with E-state index in [2.05, 4.69) is 15.9 Å². The Morgan fingerprint density at radius 3 is 2.93 bits per heavy atom. The molecular formula is C11H14BrNO. The Morgan fingerprint density at radius 1 is 1.50 bits per heavy atom. The van der Waals surface area contributed by atoms with Gasteiger partial charge in [-0.3, -0.25) is 0 Å². The van der Waals surface area contributed by atoms with Gasteiger partial charge in [-0.15, -0.1) is 0 Å². The average molecular weight is 256 g/mol. The third kappa shape index (κ3) is 3.16. The van der Waals surface area contributed by atoms with E-state index in [-0.39, 0.29) is 0 Å². The van der Waals surface area contributed by atoms with Gasteiger partial charge in [0.25, 0.3) is 0 Å². The van der Waals surface area contributed by atoms with Crippen LogP contribution in [-0.4, -0.2) is 13.7 Å². The molecule has 0 aliphatic heterocycles. The van der Waals surface area contributed by atoms with E-state index in [0.717, 1.165) is 22.2 Å². The second kappa shape index (κ2) is 5.83. The minimum Gasteiger partial charge on any atom is -0.496 e. The molecule has 0 unspecified atom stereocenters. The smallest absolute Gasteiger partial charge is 0.126 e. The van der Waals surface area contributed by atoms with Crippen molar-refractivity contribution in [1.29, 1.82) is 0 Å². The number of ether oxygens (including phenoxy) is 1. The zero-order valence-corrected chi connectivity index (χ0v) is 9.75. The summed E-state index contributed by atoms with van der Waals surface area (Å²) < 4.78 is 6.27. The van der Waals surface area contributed by atoms with E-state index in [4.69, 9.17) is 10.5 Å². The Labute approximate surface area is 92.9 Å². The van der Waals surface area contributed by atoms with Gasteiger partial charge in [0.1, 0.15) is 5.75 Å². The van der Waals surface area contributed by atoms with E-state index in [1.165, 1.54) is 0 Å². The third-order valence-electron chi connectivity index (χ3n) is 1.82. The first kappa shape index (κ1) is 11.3. The maximum Gasteiger partial charge on any atom is 0.126 e. The maximum atomic E-state index is 5.40. The molecule has 0 aliphatic rings. The first-order chi connectivity index (χ1) is 6.77. The van der Waals surface area contributed by atoms with E-state index in [1.807, 2.05) is 30.4 Å². The lowest BCUT2D eigenvalue weighted by molar-refractivity contribution is 0.414. The molecule has 0 heterocycles. The van der Waals surface area contributed by atoms with Gasteiger partial charge in [-0.25, -0.2) is 0 Å². The van der Waals surface area contributed by atoms with Crippen LogP contribution in [0.3, 0.4) is 0 Å². The molecule has 1 aromatic carbocycles. The zero-order valence-electron chi connectivity index (χ0n) is 8.16. The highest BCUT2D eigenvalue weighted by atomic mass is 79.9. The Balaban J connectivity index is 2.87. The molecule has 0 fully saturated rings. The van der Waals surface area contributed by atoms with Crippen molar-refractivity contribution >= 4 is 22.0 Å². The second-order valence-electron chi connectivity index (χ2n) is 2.87. The lowest BCUT2D eigenvalue weighted by atomic mass is 10.2. The first-order valence-electron chi connectivity index (χ1n) is 4.48. The summed E-state index contributed by atoms with van der Waals surface area (Å²) in [6, 6.07) is 5.91. The molecule has 0 aliphatic carbocycles. The quantitative estimate of drug-likeness (QED) is 0.899. The van der Waals surface area contributed by atoms with E-state index < -0.39 is 0 Å². The van der Waals surface area contributed by atoms with Crippen molar-refractivity contribution < 1.29 is 4.74 Å². The molecule has 2 nitrogen and oxygen atoms in total. The summed E-state index contributed by atoms with van der Waals surface area (Å²) in [6.45, 7) is 0.673. The number of halogens is 1. The first-order valence-corrected chi connectivity index (χ1v) is 5.27. The summed E-state index contributed by atoms with van der Waals surface area (Å²) in [5.41, 5.74) is 6.47. The van der Waals surface area contributed by atoms with Gasteiger partial charge in [0.15, 0.2) is 0 Å². The van der Waals surface area contributed by atoms with Crippen LogP contribution in [0.4, 0.5) is 0 Å². The van der Waals surface area contributed by atoms with E-state index >= 15 is 0 Å². The van der Waals surface area contributed by atoms with Crippen LogP contribution in [0, 0.1) is 0 Å². The molecule has 0 radical (unpaired) electrons. The van der Waals surface area contributed by atoms with Crippen molar-refractivity contribution in [3.05, 3.63) is 34.3 Å². The molecule has 0 saturated heterocycles. The minimum absolute atomic E-state index is 0.673.